The molecule has 1 aromatic rings. The third-order valence-electron chi connectivity index (χ3n) is 3.98. The Balaban J connectivity index is 0.00000242. The molecule has 0 aromatic heterocycles. The molecular formula is C15H22Cl3N3O. The van der Waals surface area contributed by atoms with Crippen molar-refractivity contribution in [1.82, 2.24) is 4.90 Å². The molecule has 0 spiro atoms. The molecule has 1 aliphatic heterocycles. The molecule has 1 unspecified atom stereocenters. The summed E-state index contributed by atoms with van der Waals surface area (Å²) in [7, 11) is 0. The van der Waals surface area contributed by atoms with Crippen LogP contribution in [0.15, 0.2) is 18.2 Å². The number of piperidine rings is 1. The Bertz CT molecular complexity index is 537. The predicted molar refractivity (Wildman–Crippen MR) is 95.2 cm³/mol. The lowest BCUT2D eigenvalue weighted by Gasteiger charge is -2.42. The molecule has 0 radical (unpaired) electrons. The lowest BCUT2D eigenvalue weighted by Crippen LogP contribution is -2.53. The van der Waals surface area contributed by atoms with Gasteiger partial charge in [-0.25, -0.2) is 0 Å². The SMILES string of the molecule is CC1(C)CN(CC(=O)Nc2cccc(Cl)c2Cl)CCC1N.Cl. The number of rotatable bonds is 3. The molecule has 2 rings (SSSR count). The first-order valence-corrected chi connectivity index (χ1v) is 7.77. The van der Waals surface area contributed by atoms with Crippen LogP contribution in [0.4, 0.5) is 5.69 Å². The number of hydrogen-bond donors (Lipinski definition) is 2. The third-order valence-corrected chi connectivity index (χ3v) is 4.80. The maximum Gasteiger partial charge on any atom is 0.238 e. The molecule has 0 aliphatic carbocycles. The second kappa shape index (κ2) is 7.84. The number of halogens is 3. The van der Waals surface area contributed by atoms with E-state index < -0.39 is 0 Å². The van der Waals surface area contributed by atoms with E-state index in [0.29, 0.717) is 22.3 Å². The van der Waals surface area contributed by atoms with Crippen molar-refractivity contribution >= 4 is 47.2 Å². The van der Waals surface area contributed by atoms with Crippen LogP contribution in [0.25, 0.3) is 0 Å². The number of benzene rings is 1. The lowest BCUT2D eigenvalue weighted by atomic mass is 9.80. The molecule has 0 saturated carbocycles. The first-order chi connectivity index (χ1) is 9.79. The highest BCUT2D eigenvalue weighted by molar-refractivity contribution is 6.43. The van der Waals surface area contributed by atoms with Crippen LogP contribution in [-0.4, -0.2) is 36.5 Å². The lowest BCUT2D eigenvalue weighted by molar-refractivity contribution is -0.118. The van der Waals surface area contributed by atoms with Crippen molar-refractivity contribution in [2.75, 3.05) is 25.0 Å². The van der Waals surface area contributed by atoms with Gasteiger partial charge in [0, 0.05) is 19.1 Å². The average molecular weight is 367 g/mol. The standard InChI is InChI=1S/C15H21Cl2N3O.ClH/c1-15(2)9-20(7-6-12(15)18)8-13(21)19-11-5-3-4-10(16)14(11)17;/h3-5,12H,6-9,18H2,1-2H3,(H,19,21);1H. The third kappa shape index (κ3) is 4.74. The fourth-order valence-corrected chi connectivity index (χ4v) is 2.96. The number of anilines is 1. The zero-order chi connectivity index (χ0) is 15.6. The monoisotopic (exact) mass is 365 g/mol. The molecule has 3 N–H and O–H groups in total. The molecule has 1 amide bonds. The molecule has 22 heavy (non-hydrogen) atoms. The van der Waals surface area contributed by atoms with E-state index in [1.54, 1.807) is 18.2 Å². The average Bonchev–Trinajstić information content (AvgIpc) is 2.39. The van der Waals surface area contributed by atoms with Crippen LogP contribution in [0, 0.1) is 5.41 Å². The second-order valence-corrected chi connectivity index (χ2v) is 7.03. The zero-order valence-electron chi connectivity index (χ0n) is 12.7. The number of carbonyl (C=O) groups is 1. The van der Waals surface area contributed by atoms with E-state index in [-0.39, 0.29) is 29.8 Å². The van der Waals surface area contributed by atoms with Crippen LogP contribution in [0.3, 0.4) is 0 Å². The number of hydrogen-bond acceptors (Lipinski definition) is 3. The Kier molecular flexibility index (Phi) is 6.96. The van der Waals surface area contributed by atoms with Crippen LogP contribution in [0.5, 0.6) is 0 Å². The summed E-state index contributed by atoms with van der Waals surface area (Å²) in [6, 6.07) is 5.36. The normalized spacial score (nSPS) is 21.0. The van der Waals surface area contributed by atoms with Crippen molar-refractivity contribution in [3.8, 4) is 0 Å². The number of nitrogens with zero attached hydrogens (tertiary/aromatic N) is 1. The number of carbonyl (C=O) groups excluding carboxylic acids is 1. The maximum absolute atomic E-state index is 12.2. The van der Waals surface area contributed by atoms with Crippen LogP contribution in [-0.2, 0) is 4.79 Å². The summed E-state index contributed by atoms with van der Waals surface area (Å²) >= 11 is 12.0. The van der Waals surface area contributed by atoms with E-state index in [9.17, 15) is 4.79 Å². The molecule has 1 aromatic carbocycles. The van der Waals surface area contributed by atoms with Gasteiger partial charge in [-0.15, -0.1) is 12.4 Å². The van der Waals surface area contributed by atoms with E-state index in [1.807, 2.05) is 0 Å². The van der Waals surface area contributed by atoms with Gasteiger partial charge in [-0.1, -0.05) is 43.1 Å². The van der Waals surface area contributed by atoms with Crippen LogP contribution in [0.2, 0.25) is 10.0 Å². The van der Waals surface area contributed by atoms with Gasteiger partial charge in [0.05, 0.1) is 22.3 Å². The molecule has 124 valence electrons. The van der Waals surface area contributed by atoms with Gasteiger partial charge in [0.2, 0.25) is 5.91 Å². The zero-order valence-corrected chi connectivity index (χ0v) is 15.1. The Labute approximate surface area is 147 Å². The van der Waals surface area contributed by atoms with Crippen molar-refractivity contribution in [2.24, 2.45) is 11.1 Å². The Morgan fingerprint density at radius 1 is 1.45 bits per heavy atom. The van der Waals surface area contributed by atoms with Crippen molar-refractivity contribution in [3.05, 3.63) is 28.2 Å². The van der Waals surface area contributed by atoms with Gasteiger partial charge in [0.25, 0.3) is 0 Å². The minimum atomic E-state index is -0.0922. The molecule has 1 heterocycles. The number of likely N-dealkylation sites (tertiary alicyclic amines) is 1. The summed E-state index contributed by atoms with van der Waals surface area (Å²) in [4.78, 5) is 14.3. The number of nitrogens with one attached hydrogen (secondary N) is 1. The van der Waals surface area contributed by atoms with Gasteiger partial charge >= 0.3 is 0 Å². The maximum atomic E-state index is 12.2. The van der Waals surface area contributed by atoms with Gasteiger partial charge in [-0.2, -0.15) is 0 Å². The highest BCUT2D eigenvalue weighted by atomic mass is 35.5. The highest BCUT2D eigenvalue weighted by Gasteiger charge is 2.33. The topological polar surface area (TPSA) is 58.4 Å². The summed E-state index contributed by atoms with van der Waals surface area (Å²) in [5.41, 5.74) is 6.67. The summed E-state index contributed by atoms with van der Waals surface area (Å²) < 4.78 is 0. The molecule has 7 heteroatoms. The van der Waals surface area contributed by atoms with Crippen molar-refractivity contribution in [2.45, 2.75) is 26.3 Å². The molecule has 0 bridgehead atoms. The van der Waals surface area contributed by atoms with Crippen LogP contribution >= 0.6 is 35.6 Å². The summed E-state index contributed by atoms with van der Waals surface area (Å²) in [6.07, 6.45) is 0.901. The second-order valence-electron chi connectivity index (χ2n) is 6.24. The van der Waals surface area contributed by atoms with E-state index >= 15 is 0 Å². The number of amides is 1. The van der Waals surface area contributed by atoms with Crippen LogP contribution < -0.4 is 11.1 Å². The molecular weight excluding hydrogens is 345 g/mol. The van der Waals surface area contributed by atoms with Gasteiger partial charge in [-0.05, 0) is 24.0 Å². The van der Waals surface area contributed by atoms with Gasteiger partial charge in [0.1, 0.15) is 0 Å². The molecule has 4 nitrogen and oxygen atoms in total. The first kappa shape index (κ1) is 19.5. The fraction of sp³-hybridized carbons (Fsp3) is 0.533. The summed E-state index contributed by atoms with van der Waals surface area (Å²) in [6.45, 7) is 6.25. The molecule has 1 fully saturated rings. The largest absolute Gasteiger partial charge is 0.327 e. The minimum absolute atomic E-state index is 0. The molecule has 1 atom stereocenters. The van der Waals surface area contributed by atoms with Crippen LogP contribution in [0.1, 0.15) is 20.3 Å². The Hall–Kier alpha value is -0.520. The first-order valence-electron chi connectivity index (χ1n) is 7.01. The van der Waals surface area contributed by atoms with Crippen molar-refractivity contribution < 1.29 is 4.79 Å². The quantitative estimate of drug-likeness (QED) is 0.862. The van der Waals surface area contributed by atoms with Gasteiger partial charge in [0.15, 0.2) is 0 Å². The van der Waals surface area contributed by atoms with Gasteiger partial charge in [-0.3, -0.25) is 9.69 Å². The summed E-state index contributed by atoms with van der Waals surface area (Å²) in [5, 5.41) is 3.61. The number of nitrogens with two attached hydrogens (primary N) is 1. The van der Waals surface area contributed by atoms with E-state index in [4.69, 9.17) is 28.9 Å². The summed E-state index contributed by atoms with van der Waals surface area (Å²) in [5.74, 6) is -0.0922. The van der Waals surface area contributed by atoms with E-state index in [2.05, 4.69) is 24.1 Å². The Morgan fingerprint density at radius 3 is 2.77 bits per heavy atom. The van der Waals surface area contributed by atoms with E-state index in [1.165, 1.54) is 0 Å². The Morgan fingerprint density at radius 2 is 2.14 bits per heavy atom. The van der Waals surface area contributed by atoms with Gasteiger partial charge < -0.3 is 11.1 Å². The van der Waals surface area contributed by atoms with Crippen molar-refractivity contribution in [3.63, 3.8) is 0 Å². The van der Waals surface area contributed by atoms with E-state index in [0.717, 1.165) is 19.5 Å². The van der Waals surface area contributed by atoms with Crippen molar-refractivity contribution in [1.29, 1.82) is 0 Å². The fourth-order valence-electron chi connectivity index (χ4n) is 2.61. The molecule has 1 saturated heterocycles. The highest BCUT2D eigenvalue weighted by Crippen LogP contribution is 2.30. The smallest absolute Gasteiger partial charge is 0.238 e. The molecule has 1 aliphatic rings. The predicted octanol–water partition coefficient (Wildman–Crippen LogP) is 3.41. The minimum Gasteiger partial charge on any atom is -0.327 e.